The van der Waals surface area contributed by atoms with Crippen LogP contribution in [0.15, 0.2) is 24.9 Å². The molecule has 1 N–H and O–H groups in total. The third-order valence-corrected chi connectivity index (χ3v) is 2.20. The standard InChI is InChI=1S/C14H20N2O3/c1-6-7-10-11(18-5)8-9-15-12(10)16-13(17)19-14(2,3)4/h6,8-9H,1,7H2,2-5H3,(H,15,16,17). The normalized spacial score (nSPS) is 10.7. The van der Waals surface area contributed by atoms with Crippen LogP contribution in [0.5, 0.6) is 5.75 Å². The molecule has 5 heteroatoms. The van der Waals surface area contributed by atoms with Crippen LogP contribution >= 0.6 is 0 Å². The minimum Gasteiger partial charge on any atom is -0.496 e. The van der Waals surface area contributed by atoms with Crippen LogP contribution in [0.2, 0.25) is 0 Å². The second-order valence-corrected chi connectivity index (χ2v) is 4.96. The second-order valence-electron chi connectivity index (χ2n) is 4.96. The van der Waals surface area contributed by atoms with Crippen LogP contribution in [0.4, 0.5) is 10.6 Å². The van der Waals surface area contributed by atoms with Crippen LogP contribution in [0.3, 0.4) is 0 Å². The van der Waals surface area contributed by atoms with E-state index >= 15 is 0 Å². The highest BCUT2D eigenvalue weighted by molar-refractivity contribution is 5.85. The van der Waals surface area contributed by atoms with Crippen LogP contribution in [0.25, 0.3) is 0 Å². The van der Waals surface area contributed by atoms with Crippen molar-refractivity contribution < 1.29 is 14.3 Å². The van der Waals surface area contributed by atoms with E-state index in [1.54, 1.807) is 46.2 Å². The van der Waals surface area contributed by atoms with Gasteiger partial charge in [-0.05, 0) is 33.3 Å². The van der Waals surface area contributed by atoms with Crippen molar-refractivity contribution in [1.82, 2.24) is 4.98 Å². The van der Waals surface area contributed by atoms with Gasteiger partial charge in [0.05, 0.1) is 7.11 Å². The molecule has 0 atom stereocenters. The molecule has 5 nitrogen and oxygen atoms in total. The number of pyridine rings is 1. The minimum absolute atomic E-state index is 0.425. The van der Waals surface area contributed by atoms with Gasteiger partial charge in [0, 0.05) is 11.8 Å². The van der Waals surface area contributed by atoms with Crippen molar-refractivity contribution in [2.75, 3.05) is 12.4 Å². The average Bonchev–Trinajstić information content (AvgIpc) is 2.29. The van der Waals surface area contributed by atoms with Gasteiger partial charge in [-0.15, -0.1) is 6.58 Å². The van der Waals surface area contributed by atoms with Crippen molar-refractivity contribution in [3.63, 3.8) is 0 Å². The Morgan fingerprint density at radius 3 is 2.74 bits per heavy atom. The number of hydrogen-bond acceptors (Lipinski definition) is 4. The van der Waals surface area contributed by atoms with E-state index in [-0.39, 0.29) is 0 Å². The predicted molar refractivity (Wildman–Crippen MR) is 74.5 cm³/mol. The summed E-state index contributed by atoms with van der Waals surface area (Å²) in [4.78, 5) is 15.9. The third kappa shape index (κ3) is 4.62. The number of hydrogen-bond donors (Lipinski definition) is 1. The van der Waals surface area contributed by atoms with E-state index in [9.17, 15) is 4.79 Å². The number of nitrogens with one attached hydrogen (secondary N) is 1. The molecule has 0 aromatic carbocycles. The molecule has 0 spiro atoms. The highest BCUT2D eigenvalue weighted by atomic mass is 16.6. The Hall–Kier alpha value is -2.04. The average molecular weight is 264 g/mol. The molecule has 1 heterocycles. The van der Waals surface area contributed by atoms with Crippen LogP contribution in [-0.4, -0.2) is 23.8 Å². The lowest BCUT2D eigenvalue weighted by Crippen LogP contribution is -2.27. The minimum atomic E-state index is -0.554. The highest BCUT2D eigenvalue weighted by Gasteiger charge is 2.18. The SMILES string of the molecule is C=CCc1c(OC)ccnc1NC(=O)OC(C)(C)C. The quantitative estimate of drug-likeness (QED) is 0.848. The van der Waals surface area contributed by atoms with E-state index in [1.165, 1.54) is 0 Å². The van der Waals surface area contributed by atoms with E-state index in [0.29, 0.717) is 18.0 Å². The Morgan fingerprint density at radius 1 is 1.53 bits per heavy atom. The highest BCUT2D eigenvalue weighted by Crippen LogP contribution is 2.25. The Balaban J connectivity index is 2.94. The van der Waals surface area contributed by atoms with Crippen LogP contribution in [-0.2, 0) is 11.2 Å². The molecule has 0 fully saturated rings. The summed E-state index contributed by atoms with van der Waals surface area (Å²) in [5, 5.41) is 2.63. The molecular weight excluding hydrogens is 244 g/mol. The maximum Gasteiger partial charge on any atom is 0.413 e. The summed E-state index contributed by atoms with van der Waals surface area (Å²) in [5.41, 5.74) is 0.215. The van der Waals surface area contributed by atoms with Crippen LogP contribution in [0, 0.1) is 0 Å². The van der Waals surface area contributed by atoms with E-state index in [2.05, 4.69) is 16.9 Å². The first kappa shape index (κ1) is 15.0. The van der Waals surface area contributed by atoms with Crippen LogP contribution < -0.4 is 10.1 Å². The van der Waals surface area contributed by atoms with Crippen molar-refractivity contribution in [3.8, 4) is 5.75 Å². The molecule has 0 aliphatic carbocycles. The number of allylic oxidation sites excluding steroid dienone is 1. The van der Waals surface area contributed by atoms with Crippen molar-refractivity contribution in [1.29, 1.82) is 0 Å². The molecule has 19 heavy (non-hydrogen) atoms. The first-order chi connectivity index (χ1) is 8.87. The van der Waals surface area contributed by atoms with Gasteiger partial charge in [-0.25, -0.2) is 9.78 Å². The fraction of sp³-hybridized carbons (Fsp3) is 0.429. The largest absolute Gasteiger partial charge is 0.496 e. The van der Waals surface area contributed by atoms with E-state index in [1.807, 2.05) is 0 Å². The summed E-state index contributed by atoms with van der Waals surface area (Å²) in [6.07, 6.45) is 3.29. The zero-order valence-corrected chi connectivity index (χ0v) is 11.8. The number of carbonyl (C=O) groups excluding carboxylic acids is 1. The van der Waals surface area contributed by atoms with Gasteiger partial charge in [0.25, 0.3) is 0 Å². The summed E-state index contributed by atoms with van der Waals surface area (Å²) >= 11 is 0. The summed E-state index contributed by atoms with van der Waals surface area (Å²) in [5.74, 6) is 1.08. The molecule has 0 aliphatic rings. The molecule has 0 unspecified atom stereocenters. The maximum absolute atomic E-state index is 11.7. The molecule has 0 saturated carbocycles. The van der Waals surface area contributed by atoms with Crippen molar-refractivity contribution >= 4 is 11.9 Å². The molecule has 0 saturated heterocycles. The molecule has 1 amide bonds. The lowest BCUT2D eigenvalue weighted by atomic mass is 10.1. The number of carbonyl (C=O) groups is 1. The van der Waals surface area contributed by atoms with Crippen molar-refractivity contribution in [2.24, 2.45) is 0 Å². The van der Waals surface area contributed by atoms with E-state index in [0.717, 1.165) is 5.56 Å². The fourth-order valence-corrected chi connectivity index (χ4v) is 1.52. The fourth-order valence-electron chi connectivity index (χ4n) is 1.52. The molecule has 0 radical (unpaired) electrons. The van der Waals surface area contributed by atoms with Gasteiger partial charge in [0.15, 0.2) is 0 Å². The van der Waals surface area contributed by atoms with Gasteiger partial charge >= 0.3 is 6.09 Å². The summed E-state index contributed by atoms with van der Waals surface area (Å²) < 4.78 is 10.4. The summed E-state index contributed by atoms with van der Waals surface area (Å²) in [6, 6.07) is 1.74. The topological polar surface area (TPSA) is 60.5 Å². The Kier molecular flexibility index (Phi) is 4.92. The molecular formula is C14H20N2O3. The number of methoxy groups -OCH3 is 1. The molecule has 0 bridgehead atoms. The van der Waals surface area contributed by atoms with Gasteiger partial charge in [-0.1, -0.05) is 6.08 Å². The van der Waals surface area contributed by atoms with Gasteiger partial charge in [0.2, 0.25) is 0 Å². The molecule has 1 rings (SSSR count). The predicted octanol–water partition coefficient (Wildman–Crippen LogP) is 3.17. The van der Waals surface area contributed by atoms with Crippen molar-refractivity contribution in [2.45, 2.75) is 32.8 Å². The number of aromatic nitrogens is 1. The molecule has 1 aromatic rings. The zero-order valence-electron chi connectivity index (χ0n) is 11.8. The number of amides is 1. The zero-order chi connectivity index (χ0) is 14.5. The molecule has 104 valence electrons. The number of rotatable bonds is 4. The third-order valence-electron chi connectivity index (χ3n) is 2.20. The van der Waals surface area contributed by atoms with E-state index < -0.39 is 11.7 Å². The Morgan fingerprint density at radius 2 is 2.21 bits per heavy atom. The van der Waals surface area contributed by atoms with Gasteiger partial charge < -0.3 is 9.47 Å². The molecule has 0 aliphatic heterocycles. The van der Waals surface area contributed by atoms with E-state index in [4.69, 9.17) is 9.47 Å². The first-order valence-corrected chi connectivity index (χ1v) is 6.00. The Labute approximate surface area is 113 Å². The lowest BCUT2D eigenvalue weighted by Gasteiger charge is -2.20. The Bertz CT molecular complexity index is 464. The number of nitrogens with zero attached hydrogens (tertiary/aromatic N) is 1. The summed E-state index contributed by atoms with van der Waals surface area (Å²) in [6.45, 7) is 9.09. The maximum atomic E-state index is 11.7. The van der Waals surface area contributed by atoms with Crippen molar-refractivity contribution in [3.05, 3.63) is 30.5 Å². The van der Waals surface area contributed by atoms with Gasteiger partial charge in [-0.3, -0.25) is 5.32 Å². The van der Waals surface area contributed by atoms with Crippen LogP contribution in [0.1, 0.15) is 26.3 Å². The lowest BCUT2D eigenvalue weighted by molar-refractivity contribution is 0.0635. The smallest absolute Gasteiger partial charge is 0.413 e. The monoisotopic (exact) mass is 264 g/mol. The second kappa shape index (κ2) is 6.22. The summed E-state index contributed by atoms with van der Waals surface area (Å²) in [7, 11) is 1.57. The molecule has 1 aromatic heterocycles. The van der Waals surface area contributed by atoms with Gasteiger partial charge in [-0.2, -0.15) is 0 Å². The number of anilines is 1. The van der Waals surface area contributed by atoms with Gasteiger partial charge in [0.1, 0.15) is 17.2 Å². The first-order valence-electron chi connectivity index (χ1n) is 6.00. The number of ether oxygens (including phenoxy) is 2.